The number of unbranched alkanes of at least 4 members (excludes halogenated alkanes) is 1. The summed E-state index contributed by atoms with van der Waals surface area (Å²) in [6.07, 6.45) is 11.9. The predicted octanol–water partition coefficient (Wildman–Crippen LogP) is 5.06. The van der Waals surface area contributed by atoms with Crippen molar-refractivity contribution < 1.29 is 5.11 Å². The lowest BCUT2D eigenvalue weighted by molar-refractivity contribution is 0.277. The highest BCUT2D eigenvalue weighted by Crippen LogP contribution is 2.13. The molecule has 2 aromatic rings. The first-order chi connectivity index (χ1) is 12.5. The maximum absolute atomic E-state index is 8.66. The third-order valence-corrected chi connectivity index (χ3v) is 5.64. The standard InChI is InChI=1S/C10H17IN2.C9H15IN2O/c1-3-5-7-13-8-9(11)10(12-13)6-4-2;1-2-4-9-8(10)7-12(11-9)5-3-6-13/h8H,3-7H2,1-2H3;7,13H,2-6H2,1H3. The molecule has 0 aliphatic carbocycles. The first-order valence-corrected chi connectivity index (χ1v) is 11.8. The van der Waals surface area contributed by atoms with E-state index >= 15 is 0 Å². The highest BCUT2D eigenvalue weighted by Gasteiger charge is 2.05. The fourth-order valence-electron chi connectivity index (χ4n) is 2.47. The molecule has 1 N–H and O–H groups in total. The van der Waals surface area contributed by atoms with Crippen molar-refractivity contribution in [1.29, 1.82) is 0 Å². The van der Waals surface area contributed by atoms with Gasteiger partial charge < -0.3 is 5.11 Å². The minimum absolute atomic E-state index is 0.236. The van der Waals surface area contributed by atoms with E-state index in [0.29, 0.717) is 0 Å². The summed E-state index contributed by atoms with van der Waals surface area (Å²) in [5.41, 5.74) is 2.44. The Morgan fingerprint density at radius 3 is 1.65 bits per heavy atom. The summed E-state index contributed by atoms with van der Waals surface area (Å²) in [5.74, 6) is 0. The molecule has 7 heteroatoms. The SMILES string of the molecule is CCCCn1cc(I)c(CCC)n1.CCCc1nn(CCCO)cc1I. The van der Waals surface area contributed by atoms with Crippen LogP contribution in [0.2, 0.25) is 0 Å². The van der Waals surface area contributed by atoms with Crippen molar-refractivity contribution in [2.24, 2.45) is 0 Å². The number of hydrogen-bond donors (Lipinski definition) is 1. The largest absolute Gasteiger partial charge is 0.396 e. The smallest absolute Gasteiger partial charge is 0.0757 e. The van der Waals surface area contributed by atoms with Crippen LogP contribution in [0, 0.1) is 7.14 Å². The Kier molecular flexibility index (Phi) is 12.8. The highest BCUT2D eigenvalue weighted by molar-refractivity contribution is 14.1. The molecule has 0 spiro atoms. The van der Waals surface area contributed by atoms with E-state index in [1.54, 1.807) is 0 Å². The van der Waals surface area contributed by atoms with Gasteiger partial charge in [0.2, 0.25) is 0 Å². The average Bonchev–Trinajstić information content (AvgIpc) is 3.15. The van der Waals surface area contributed by atoms with E-state index < -0.39 is 0 Å². The van der Waals surface area contributed by atoms with Crippen molar-refractivity contribution in [3.63, 3.8) is 0 Å². The average molecular weight is 586 g/mol. The third-order valence-electron chi connectivity index (χ3n) is 3.83. The second-order valence-electron chi connectivity index (χ2n) is 6.30. The molecule has 0 saturated carbocycles. The molecule has 0 amide bonds. The van der Waals surface area contributed by atoms with E-state index in [-0.39, 0.29) is 6.61 Å². The van der Waals surface area contributed by atoms with Gasteiger partial charge in [0.15, 0.2) is 0 Å². The van der Waals surface area contributed by atoms with Gasteiger partial charge in [-0.25, -0.2) is 0 Å². The number of hydrogen-bond acceptors (Lipinski definition) is 3. The zero-order valence-electron chi connectivity index (χ0n) is 16.2. The summed E-state index contributed by atoms with van der Waals surface area (Å²) >= 11 is 4.68. The molecule has 148 valence electrons. The quantitative estimate of drug-likeness (QED) is 0.396. The van der Waals surface area contributed by atoms with Crippen molar-refractivity contribution in [3.8, 4) is 0 Å². The van der Waals surface area contributed by atoms with Crippen molar-refractivity contribution in [1.82, 2.24) is 19.6 Å². The Labute approximate surface area is 185 Å². The molecule has 2 aromatic heterocycles. The molecular formula is C19H32I2N4O. The normalized spacial score (nSPS) is 10.7. The molecule has 0 fully saturated rings. The van der Waals surface area contributed by atoms with Gasteiger partial charge in [-0.2, -0.15) is 10.2 Å². The summed E-state index contributed by atoms with van der Waals surface area (Å²) in [7, 11) is 0. The first kappa shape index (κ1) is 23.9. The second-order valence-corrected chi connectivity index (χ2v) is 8.63. The summed E-state index contributed by atoms with van der Waals surface area (Å²) < 4.78 is 6.55. The van der Waals surface area contributed by atoms with E-state index in [1.165, 1.54) is 37.8 Å². The minimum Gasteiger partial charge on any atom is -0.396 e. The number of halogens is 2. The number of nitrogens with zero attached hydrogens (tertiary/aromatic N) is 4. The fourth-order valence-corrected chi connectivity index (χ4v) is 3.87. The zero-order chi connectivity index (χ0) is 19.4. The minimum atomic E-state index is 0.236. The van der Waals surface area contributed by atoms with E-state index in [9.17, 15) is 0 Å². The molecule has 0 aromatic carbocycles. The van der Waals surface area contributed by atoms with Gasteiger partial charge in [0.05, 0.1) is 18.5 Å². The van der Waals surface area contributed by atoms with Gasteiger partial charge in [-0.15, -0.1) is 0 Å². The first-order valence-electron chi connectivity index (χ1n) is 9.60. The molecule has 0 aliphatic heterocycles. The van der Waals surface area contributed by atoms with Gasteiger partial charge in [0.1, 0.15) is 0 Å². The third kappa shape index (κ3) is 8.69. The summed E-state index contributed by atoms with van der Waals surface area (Å²) in [6.45, 7) is 8.68. The zero-order valence-corrected chi connectivity index (χ0v) is 20.5. The number of aryl methyl sites for hydroxylation is 4. The van der Waals surface area contributed by atoms with Crippen LogP contribution in [0.1, 0.15) is 64.3 Å². The van der Waals surface area contributed by atoms with Gasteiger partial charge in [-0.3, -0.25) is 9.36 Å². The number of rotatable bonds is 10. The molecule has 2 heterocycles. The molecule has 26 heavy (non-hydrogen) atoms. The van der Waals surface area contributed by atoms with Crippen LogP contribution in [0.15, 0.2) is 12.4 Å². The van der Waals surface area contributed by atoms with Crippen LogP contribution in [-0.4, -0.2) is 31.3 Å². The molecule has 0 radical (unpaired) electrons. The maximum atomic E-state index is 8.66. The van der Waals surface area contributed by atoms with Crippen LogP contribution >= 0.6 is 45.2 Å². The second kappa shape index (κ2) is 13.9. The Morgan fingerprint density at radius 1 is 0.808 bits per heavy atom. The fraction of sp³-hybridized carbons (Fsp3) is 0.684. The van der Waals surface area contributed by atoms with Crippen LogP contribution in [0.5, 0.6) is 0 Å². The molecule has 5 nitrogen and oxygen atoms in total. The summed E-state index contributed by atoms with van der Waals surface area (Å²) in [6, 6.07) is 0. The monoisotopic (exact) mass is 586 g/mol. The summed E-state index contributed by atoms with van der Waals surface area (Å²) in [5, 5.41) is 17.6. The molecule has 2 rings (SSSR count). The van der Waals surface area contributed by atoms with Crippen LogP contribution in [0.4, 0.5) is 0 Å². The molecular weight excluding hydrogens is 554 g/mol. The van der Waals surface area contributed by atoms with Crippen molar-refractivity contribution in [2.75, 3.05) is 6.61 Å². The van der Waals surface area contributed by atoms with Gasteiger partial charge >= 0.3 is 0 Å². The maximum Gasteiger partial charge on any atom is 0.0757 e. The summed E-state index contributed by atoms with van der Waals surface area (Å²) in [4.78, 5) is 0. The van der Waals surface area contributed by atoms with Crippen LogP contribution in [0.3, 0.4) is 0 Å². The lowest BCUT2D eigenvalue weighted by Crippen LogP contribution is -2.01. The van der Waals surface area contributed by atoms with Crippen LogP contribution in [-0.2, 0) is 25.9 Å². The number of aliphatic hydroxyl groups is 1. The molecule has 0 atom stereocenters. The molecule has 0 saturated heterocycles. The van der Waals surface area contributed by atoms with Crippen LogP contribution in [0.25, 0.3) is 0 Å². The Morgan fingerprint density at radius 2 is 1.27 bits per heavy atom. The molecule has 0 aliphatic rings. The van der Waals surface area contributed by atoms with Crippen molar-refractivity contribution >= 4 is 45.2 Å². The lowest BCUT2D eigenvalue weighted by atomic mass is 10.3. The van der Waals surface area contributed by atoms with E-state index in [2.05, 4.69) is 87.0 Å². The Bertz CT molecular complexity index is 571. The Hall–Kier alpha value is -0.160. The van der Waals surface area contributed by atoms with Crippen molar-refractivity contribution in [3.05, 3.63) is 30.9 Å². The van der Waals surface area contributed by atoms with Gasteiger partial charge in [0, 0.05) is 32.1 Å². The number of aromatic nitrogens is 4. The molecule has 0 unspecified atom stereocenters. The van der Waals surface area contributed by atoms with E-state index in [4.69, 9.17) is 5.11 Å². The number of aliphatic hydroxyl groups excluding tert-OH is 1. The molecule has 0 bridgehead atoms. The van der Waals surface area contributed by atoms with Crippen molar-refractivity contribution in [2.45, 2.75) is 78.8 Å². The lowest BCUT2D eigenvalue weighted by Gasteiger charge is -1.97. The Balaban J connectivity index is 0.000000260. The van der Waals surface area contributed by atoms with Gasteiger partial charge in [0.25, 0.3) is 0 Å². The van der Waals surface area contributed by atoms with Crippen LogP contribution < -0.4 is 0 Å². The van der Waals surface area contributed by atoms with E-state index in [1.807, 2.05) is 10.9 Å². The predicted molar refractivity (Wildman–Crippen MR) is 124 cm³/mol. The topological polar surface area (TPSA) is 55.9 Å². The van der Waals surface area contributed by atoms with Gasteiger partial charge in [-0.05, 0) is 70.9 Å². The highest BCUT2D eigenvalue weighted by atomic mass is 127. The van der Waals surface area contributed by atoms with Gasteiger partial charge in [-0.1, -0.05) is 40.0 Å². The van der Waals surface area contributed by atoms with E-state index in [0.717, 1.165) is 38.8 Å².